The molecule has 1 aliphatic carbocycles. The van der Waals surface area contributed by atoms with Gasteiger partial charge in [0.2, 0.25) is 5.95 Å². The highest BCUT2D eigenvalue weighted by Gasteiger charge is 2.40. The van der Waals surface area contributed by atoms with Gasteiger partial charge in [-0.2, -0.15) is 0 Å². The number of Topliss-reactive ketones (excluding diaryl/α,β-unsaturated/α-hetero) is 1. The van der Waals surface area contributed by atoms with E-state index in [1.165, 1.54) is 0 Å². The van der Waals surface area contributed by atoms with E-state index in [0.29, 0.717) is 17.9 Å². The number of anilines is 1. The number of para-hydroxylation sites is 2. The van der Waals surface area contributed by atoms with Crippen molar-refractivity contribution in [2.45, 2.75) is 31.7 Å². The van der Waals surface area contributed by atoms with E-state index in [1.54, 1.807) is 14.2 Å². The highest BCUT2D eigenvalue weighted by atomic mass is 16.5. The summed E-state index contributed by atoms with van der Waals surface area (Å²) in [6.07, 6.45) is 1.17. The second-order valence-electron chi connectivity index (χ2n) is 9.21. The summed E-state index contributed by atoms with van der Waals surface area (Å²) < 4.78 is 13.1. The predicted molar refractivity (Wildman–Crippen MR) is 136 cm³/mol. The lowest BCUT2D eigenvalue weighted by Crippen LogP contribution is -2.33. The number of fused-ring (bicyclic) bond motifs is 3. The third kappa shape index (κ3) is 3.40. The van der Waals surface area contributed by atoms with Crippen LogP contribution in [0.25, 0.3) is 11.0 Å². The minimum absolute atomic E-state index is 0.0435. The molecule has 0 fully saturated rings. The summed E-state index contributed by atoms with van der Waals surface area (Å²) in [5.74, 6) is 2.34. The molecule has 4 aromatic rings. The largest absolute Gasteiger partial charge is 0.493 e. The van der Waals surface area contributed by atoms with Crippen molar-refractivity contribution in [2.24, 2.45) is 0 Å². The number of nitrogens with one attached hydrogen (secondary N) is 1. The van der Waals surface area contributed by atoms with Crippen LogP contribution < -0.4 is 14.8 Å². The molecule has 0 saturated heterocycles. The Morgan fingerprint density at radius 3 is 2.51 bits per heavy atom. The van der Waals surface area contributed by atoms with E-state index in [2.05, 4.69) is 35.0 Å². The van der Waals surface area contributed by atoms with Crippen LogP contribution in [0.1, 0.15) is 41.5 Å². The maximum absolute atomic E-state index is 13.9. The van der Waals surface area contributed by atoms with Gasteiger partial charge in [0, 0.05) is 17.7 Å². The fourth-order valence-electron chi connectivity index (χ4n) is 5.56. The number of imidazole rings is 1. The van der Waals surface area contributed by atoms with Crippen molar-refractivity contribution in [3.8, 4) is 11.5 Å². The van der Waals surface area contributed by atoms with E-state index >= 15 is 0 Å². The third-order valence-electron chi connectivity index (χ3n) is 7.26. The lowest BCUT2D eigenvalue weighted by Gasteiger charge is -2.37. The van der Waals surface area contributed by atoms with E-state index in [1.807, 2.05) is 48.5 Å². The average molecular weight is 466 g/mol. The standard InChI is InChI=1S/C29H27N3O3/c1-17-8-4-5-9-20(17)28-27-22(31-29-30-21-10-6-7-11-23(21)32(28)29)14-19(15-24(27)33)18-12-13-25(34-2)26(16-18)35-3/h4-13,16,19,28H,14-15H2,1-3H3,(H,30,31). The summed E-state index contributed by atoms with van der Waals surface area (Å²) >= 11 is 0. The molecule has 1 aliphatic heterocycles. The van der Waals surface area contributed by atoms with Gasteiger partial charge in [-0.15, -0.1) is 0 Å². The number of nitrogens with zero attached hydrogens (tertiary/aromatic N) is 2. The van der Waals surface area contributed by atoms with E-state index < -0.39 is 0 Å². The fourth-order valence-corrected chi connectivity index (χ4v) is 5.56. The van der Waals surface area contributed by atoms with Crippen molar-refractivity contribution in [1.29, 1.82) is 0 Å². The second kappa shape index (κ2) is 8.31. The maximum Gasteiger partial charge on any atom is 0.209 e. The molecular weight excluding hydrogens is 438 g/mol. The molecule has 2 unspecified atom stereocenters. The molecule has 2 heterocycles. The van der Waals surface area contributed by atoms with Crippen LogP contribution in [0.5, 0.6) is 11.5 Å². The normalized spacial score (nSPS) is 19.2. The molecule has 2 atom stereocenters. The Kier molecular flexibility index (Phi) is 5.10. The monoisotopic (exact) mass is 465 g/mol. The summed E-state index contributed by atoms with van der Waals surface area (Å²) in [6.45, 7) is 2.11. The molecule has 6 heteroatoms. The van der Waals surface area contributed by atoms with Crippen molar-refractivity contribution in [2.75, 3.05) is 19.5 Å². The molecule has 0 spiro atoms. The van der Waals surface area contributed by atoms with Crippen LogP contribution in [0.2, 0.25) is 0 Å². The molecule has 6 rings (SSSR count). The lowest BCUT2D eigenvalue weighted by molar-refractivity contribution is -0.116. The molecule has 1 aromatic heterocycles. The first-order valence-electron chi connectivity index (χ1n) is 11.9. The van der Waals surface area contributed by atoms with Crippen molar-refractivity contribution in [1.82, 2.24) is 9.55 Å². The SMILES string of the molecule is COc1ccc(C2CC(=O)C3=C(C2)Nc2nc4ccccc4n2C3c2ccccc2C)cc1OC. The maximum atomic E-state index is 13.9. The van der Waals surface area contributed by atoms with E-state index in [0.717, 1.165) is 51.4 Å². The second-order valence-corrected chi connectivity index (χ2v) is 9.21. The number of rotatable bonds is 4. The molecule has 0 radical (unpaired) electrons. The molecule has 2 aliphatic rings. The van der Waals surface area contributed by atoms with Gasteiger partial charge in [0.15, 0.2) is 17.3 Å². The first-order chi connectivity index (χ1) is 17.1. The highest BCUT2D eigenvalue weighted by molar-refractivity contribution is 6.01. The number of hydrogen-bond acceptors (Lipinski definition) is 5. The highest BCUT2D eigenvalue weighted by Crippen LogP contribution is 2.47. The van der Waals surface area contributed by atoms with Crippen molar-refractivity contribution in [3.05, 3.63) is 94.7 Å². The van der Waals surface area contributed by atoms with Crippen LogP contribution in [0.3, 0.4) is 0 Å². The lowest BCUT2D eigenvalue weighted by atomic mass is 9.77. The number of aromatic nitrogens is 2. The van der Waals surface area contributed by atoms with Crippen molar-refractivity contribution >= 4 is 22.8 Å². The molecule has 0 bridgehead atoms. The topological polar surface area (TPSA) is 65.4 Å². The van der Waals surface area contributed by atoms with Crippen LogP contribution in [0, 0.1) is 6.92 Å². The molecule has 6 nitrogen and oxygen atoms in total. The Morgan fingerprint density at radius 1 is 0.943 bits per heavy atom. The van der Waals surface area contributed by atoms with Gasteiger partial charge in [-0.05, 0) is 60.2 Å². The number of benzene rings is 3. The number of ether oxygens (including phenoxy) is 2. The summed E-state index contributed by atoms with van der Waals surface area (Å²) in [4.78, 5) is 18.8. The quantitative estimate of drug-likeness (QED) is 0.414. The molecular formula is C29H27N3O3. The van der Waals surface area contributed by atoms with Crippen LogP contribution >= 0.6 is 0 Å². The Bertz CT molecular complexity index is 1500. The van der Waals surface area contributed by atoms with Gasteiger partial charge in [0.1, 0.15) is 0 Å². The first kappa shape index (κ1) is 21.5. The van der Waals surface area contributed by atoms with Crippen LogP contribution in [-0.4, -0.2) is 29.6 Å². The van der Waals surface area contributed by atoms with Gasteiger partial charge in [-0.1, -0.05) is 42.5 Å². The van der Waals surface area contributed by atoms with Crippen molar-refractivity contribution < 1.29 is 14.3 Å². The van der Waals surface area contributed by atoms with Crippen LogP contribution in [-0.2, 0) is 4.79 Å². The average Bonchev–Trinajstić information content (AvgIpc) is 3.25. The van der Waals surface area contributed by atoms with E-state index in [9.17, 15) is 4.79 Å². The molecule has 1 N–H and O–H groups in total. The fraction of sp³-hybridized carbons (Fsp3) is 0.241. The number of allylic oxidation sites excluding steroid dienone is 2. The molecule has 0 saturated carbocycles. The zero-order valence-corrected chi connectivity index (χ0v) is 20.0. The summed E-state index contributed by atoms with van der Waals surface area (Å²) in [7, 11) is 3.26. The Morgan fingerprint density at radius 2 is 1.71 bits per heavy atom. The van der Waals surface area contributed by atoms with Gasteiger partial charge in [0.05, 0.1) is 31.3 Å². The third-order valence-corrected chi connectivity index (χ3v) is 7.26. The van der Waals surface area contributed by atoms with E-state index in [-0.39, 0.29) is 17.7 Å². The van der Waals surface area contributed by atoms with Gasteiger partial charge in [-0.3, -0.25) is 9.36 Å². The summed E-state index contributed by atoms with van der Waals surface area (Å²) in [6, 6.07) is 22.1. The number of ketones is 1. The van der Waals surface area contributed by atoms with Crippen molar-refractivity contribution in [3.63, 3.8) is 0 Å². The van der Waals surface area contributed by atoms with Gasteiger partial charge in [0.25, 0.3) is 0 Å². The smallest absolute Gasteiger partial charge is 0.209 e. The van der Waals surface area contributed by atoms with Gasteiger partial charge in [-0.25, -0.2) is 4.98 Å². The van der Waals surface area contributed by atoms with E-state index in [4.69, 9.17) is 14.5 Å². The number of carbonyl (C=O) groups is 1. The molecule has 3 aromatic carbocycles. The minimum Gasteiger partial charge on any atom is -0.493 e. The predicted octanol–water partition coefficient (Wildman–Crippen LogP) is 5.78. The van der Waals surface area contributed by atoms with Crippen LogP contribution in [0.15, 0.2) is 78.0 Å². The van der Waals surface area contributed by atoms with Crippen LogP contribution in [0.4, 0.5) is 5.95 Å². The first-order valence-corrected chi connectivity index (χ1v) is 11.9. The van der Waals surface area contributed by atoms with Gasteiger partial charge < -0.3 is 14.8 Å². The number of methoxy groups -OCH3 is 2. The number of carbonyl (C=O) groups excluding carboxylic acids is 1. The molecule has 35 heavy (non-hydrogen) atoms. The summed E-state index contributed by atoms with van der Waals surface area (Å²) in [5.41, 5.74) is 7.08. The zero-order valence-electron chi connectivity index (χ0n) is 20.0. The number of aryl methyl sites for hydroxylation is 1. The van der Waals surface area contributed by atoms with Gasteiger partial charge >= 0.3 is 0 Å². The zero-order chi connectivity index (χ0) is 24.1. The molecule has 176 valence electrons. The Balaban J connectivity index is 1.49. The minimum atomic E-state index is -0.214. The molecule has 0 amide bonds. The summed E-state index contributed by atoms with van der Waals surface area (Å²) in [5, 5.41) is 3.54. The number of hydrogen-bond donors (Lipinski definition) is 1. The Hall–Kier alpha value is -4.06. The Labute approximate surface area is 204 Å².